The first-order chi connectivity index (χ1) is 13.8. The maximum Gasteiger partial charge on any atom is 0.328 e. The number of esters is 1. The Morgan fingerprint density at radius 3 is 2.76 bits per heavy atom. The number of methoxy groups -OCH3 is 1. The van der Waals surface area contributed by atoms with Crippen LogP contribution in [0.1, 0.15) is 61.4 Å². The van der Waals surface area contributed by atoms with E-state index in [4.69, 9.17) is 15.9 Å². The monoisotopic (exact) mass is 413 g/mol. The smallest absolute Gasteiger partial charge is 0.328 e. The van der Waals surface area contributed by atoms with E-state index in [9.17, 15) is 19.7 Å². The van der Waals surface area contributed by atoms with Crippen molar-refractivity contribution in [1.29, 1.82) is 0 Å². The molecule has 0 bridgehead atoms. The van der Waals surface area contributed by atoms with Crippen LogP contribution in [0.15, 0.2) is 15.7 Å². The average Bonchev–Trinajstić information content (AvgIpc) is 3.17. The molecular weight excluding hydrogens is 386 g/mol. The van der Waals surface area contributed by atoms with E-state index in [-0.39, 0.29) is 30.5 Å². The Labute approximate surface area is 167 Å². The molecule has 0 aliphatic carbocycles. The van der Waals surface area contributed by atoms with Crippen LogP contribution < -0.4 is 22.2 Å². The SMILES string of the molecule is CCCCC(N)c1nc(C(=O)NC(CCCN=C(N)N[N+](=O)[O-])C(=O)OC)co1. The summed E-state index contributed by atoms with van der Waals surface area (Å²) in [5.41, 5.74) is 13.0. The van der Waals surface area contributed by atoms with Crippen molar-refractivity contribution in [3.05, 3.63) is 28.0 Å². The number of guanidine groups is 1. The number of oxazole rings is 1. The van der Waals surface area contributed by atoms with Gasteiger partial charge in [-0.1, -0.05) is 25.2 Å². The second-order valence-electron chi connectivity index (χ2n) is 6.15. The van der Waals surface area contributed by atoms with Gasteiger partial charge in [-0.3, -0.25) is 4.79 Å². The van der Waals surface area contributed by atoms with Crippen molar-refractivity contribution in [2.24, 2.45) is 16.5 Å². The number of hydrazine groups is 1. The highest BCUT2D eigenvalue weighted by atomic mass is 16.7. The summed E-state index contributed by atoms with van der Waals surface area (Å²) in [6, 6.07) is -1.37. The van der Waals surface area contributed by atoms with Crippen LogP contribution in [0.5, 0.6) is 0 Å². The number of nitrogens with two attached hydrogens (primary N) is 2. The number of nitro groups is 1. The van der Waals surface area contributed by atoms with Gasteiger partial charge in [0, 0.05) is 6.54 Å². The van der Waals surface area contributed by atoms with Gasteiger partial charge in [0.25, 0.3) is 11.9 Å². The van der Waals surface area contributed by atoms with Gasteiger partial charge in [-0.15, -0.1) is 0 Å². The molecule has 2 atom stereocenters. The number of ether oxygens (including phenoxy) is 1. The molecule has 0 saturated heterocycles. The lowest BCUT2D eigenvalue weighted by molar-refractivity contribution is -0.525. The number of nitrogens with one attached hydrogen (secondary N) is 2. The van der Waals surface area contributed by atoms with E-state index in [1.807, 2.05) is 6.92 Å². The summed E-state index contributed by atoms with van der Waals surface area (Å²) in [5.74, 6) is -1.37. The Balaban J connectivity index is 2.64. The van der Waals surface area contributed by atoms with Crippen molar-refractivity contribution in [3.63, 3.8) is 0 Å². The average molecular weight is 413 g/mol. The van der Waals surface area contributed by atoms with Crippen molar-refractivity contribution in [1.82, 2.24) is 15.7 Å². The quantitative estimate of drug-likeness (QED) is 0.0902. The van der Waals surface area contributed by atoms with E-state index in [1.165, 1.54) is 13.4 Å². The number of carbonyl (C=O) groups excluding carboxylic acids is 2. The van der Waals surface area contributed by atoms with Gasteiger partial charge in [-0.2, -0.15) is 0 Å². The van der Waals surface area contributed by atoms with Crippen LogP contribution in [0.4, 0.5) is 0 Å². The van der Waals surface area contributed by atoms with Gasteiger partial charge in [-0.25, -0.2) is 24.9 Å². The van der Waals surface area contributed by atoms with Gasteiger partial charge in [0.1, 0.15) is 12.3 Å². The molecule has 0 aliphatic rings. The second kappa shape index (κ2) is 12.3. The van der Waals surface area contributed by atoms with E-state index in [1.54, 1.807) is 5.43 Å². The van der Waals surface area contributed by atoms with Crippen LogP contribution in [0, 0.1) is 10.1 Å². The molecule has 0 fully saturated rings. The number of unbranched alkanes of at least 4 members (excludes halogenated alkanes) is 1. The Kier molecular flexibility index (Phi) is 10.1. The highest BCUT2D eigenvalue weighted by Gasteiger charge is 2.24. The third-order valence-electron chi connectivity index (χ3n) is 3.87. The molecule has 2 unspecified atom stereocenters. The molecule has 1 aromatic heterocycles. The molecule has 0 spiro atoms. The number of carbonyl (C=O) groups is 2. The highest BCUT2D eigenvalue weighted by molar-refractivity contribution is 5.94. The molecule has 6 N–H and O–H groups in total. The third-order valence-corrected chi connectivity index (χ3v) is 3.87. The first kappa shape index (κ1) is 23.8. The topological polar surface area (TPSA) is 201 Å². The fraction of sp³-hybridized carbons (Fsp3) is 0.625. The Bertz CT molecular complexity index is 720. The number of amides is 1. The number of nitrogens with zero attached hydrogens (tertiary/aromatic N) is 3. The highest BCUT2D eigenvalue weighted by Crippen LogP contribution is 2.16. The predicted molar refractivity (Wildman–Crippen MR) is 102 cm³/mol. The Morgan fingerprint density at radius 1 is 1.41 bits per heavy atom. The van der Waals surface area contributed by atoms with Crippen LogP contribution in [-0.4, -0.2) is 47.5 Å². The lowest BCUT2D eigenvalue weighted by Gasteiger charge is -2.15. The summed E-state index contributed by atoms with van der Waals surface area (Å²) in [5, 5.41) is 11.9. The van der Waals surface area contributed by atoms with Crippen molar-refractivity contribution in [2.45, 2.75) is 51.1 Å². The number of hydrogen-bond acceptors (Lipinski definition) is 9. The Hall–Kier alpha value is -3.22. The number of hydrogen-bond donors (Lipinski definition) is 4. The minimum Gasteiger partial charge on any atom is -0.467 e. The summed E-state index contributed by atoms with van der Waals surface area (Å²) >= 11 is 0. The van der Waals surface area contributed by atoms with Crippen molar-refractivity contribution < 1.29 is 23.8 Å². The molecular formula is C16H27N7O6. The number of rotatable bonds is 12. The van der Waals surface area contributed by atoms with E-state index < -0.39 is 29.0 Å². The molecule has 29 heavy (non-hydrogen) atoms. The molecule has 0 saturated carbocycles. The first-order valence-corrected chi connectivity index (χ1v) is 9.09. The van der Waals surface area contributed by atoms with Crippen molar-refractivity contribution in [3.8, 4) is 0 Å². The normalized spacial score (nSPS) is 13.4. The minimum absolute atomic E-state index is 0.00157. The summed E-state index contributed by atoms with van der Waals surface area (Å²) in [4.78, 5) is 42.4. The molecule has 1 heterocycles. The molecule has 0 radical (unpaired) electrons. The van der Waals surface area contributed by atoms with Gasteiger partial charge in [-0.05, 0) is 19.3 Å². The summed E-state index contributed by atoms with van der Waals surface area (Å²) in [6.07, 6.45) is 4.22. The van der Waals surface area contributed by atoms with Gasteiger partial charge >= 0.3 is 5.97 Å². The largest absolute Gasteiger partial charge is 0.467 e. The standard InChI is InChI=1S/C16H27N7O6/c1-3-4-6-10(17)14-21-12(9-29-14)13(24)20-11(15(25)28-2)7-5-8-19-16(18)22-23(26)27/h9-11H,3-8,17H2,1-2H3,(H,20,24)(H3,18,19,22). The predicted octanol–water partition coefficient (Wildman–Crippen LogP) is 0.0122. The van der Waals surface area contributed by atoms with E-state index in [0.717, 1.165) is 12.8 Å². The first-order valence-electron chi connectivity index (χ1n) is 9.09. The Morgan fingerprint density at radius 2 is 2.14 bits per heavy atom. The van der Waals surface area contributed by atoms with E-state index in [0.29, 0.717) is 12.8 Å². The van der Waals surface area contributed by atoms with Gasteiger partial charge < -0.3 is 25.9 Å². The van der Waals surface area contributed by atoms with Gasteiger partial charge in [0.15, 0.2) is 10.7 Å². The lowest BCUT2D eigenvalue weighted by Crippen LogP contribution is -2.42. The molecule has 162 valence electrons. The third kappa shape index (κ3) is 8.55. The zero-order valence-electron chi connectivity index (χ0n) is 16.4. The van der Waals surface area contributed by atoms with Crippen LogP contribution in [0.3, 0.4) is 0 Å². The molecule has 0 aliphatic heterocycles. The maximum absolute atomic E-state index is 12.4. The van der Waals surface area contributed by atoms with E-state index in [2.05, 4.69) is 20.0 Å². The fourth-order valence-corrected chi connectivity index (χ4v) is 2.36. The molecule has 1 rings (SSSR count). The summed E-state index contributed by atoms with van der Waals surface area (Å²) < 4.78 is 9.95. The molecule has 1 amide bonds. The number of aliphatic imine (C=N–C) groups is 1. The zero-order valence-corrected chi connectivity index (χ0v) is 16.4. The van der Waals surface area contributed by atoms with Crippen LogP contribution in [-0.2, 0) is 9.53 Å². The summed E-state index contributed by atoms with van der Waals surface area (Å²) in [7, 11) is 1.19. The van der Waals surface area contributed by atoms with Crippen LogP contribution in [0.2, 0.25) is 0 Å². The van der Waals surface area contributed by atoms with E-state index >= 15 is 0 Å². The summed E-state index contributed by atoms with van der Waals surface area (Å²) in [6.45, 7) is 2.14. The zero-order chi connectivity index (χ0) is 21.8. The van der Waals surface area contributed by atoms with Gasteiger partial charge in [0.2, 0.25) is 5.89 Å². The van der Waals surface area contributed by atoms with Crippen molar-refractivity contribution in [2.75, 3.05) is 13.7 Å². The van der Waals surface area contributed by atoms with Crippen LogP contribution in [0.25, 0.3) is 0 Å². The molecule has 13 nitrogen and oxygen atoms in total. The molecule has 13 heteroatoms. The number of aromatic nitrogens is 1. The maximum atomic E-state index is 12.4. The van der Waals surface area contributed by atoms with Crippen LogP contribution >= 0.6 is 0 Å². The molecule has 0 aromatic carbocycles. The molecule has 1 aromatic rings. The fourth-order valence-electron chi connectivity index (χ4n) is 2.36. The van der Waals surface area contributed by atoms with Crippen molar-refractivity contribution >= 4 is 17.8 Å². The lowest BCUT2D eigenvalue weighted by atomic mass is 10.1. The second-order valence-corrected chi connectivity index (χ2v) is 6.15. The van der Waals surface area contributed by atoms with Gasteiger partial charge in [0.05, 0.1) is 13.2 Å². The minimum atomic E-state index is -0.957.